The fourth-order valence-corrected chi connectivity index (χ4v) is 7.54. The van der Waals surface area contributed by atoms with E-state index in [-0.39, 0.29) is 22.9 Å². The molecule has 6 heteroatoms. The number of likely N-dealkylation sites (tertiary alicyclic amines) is 1. The molecule has 5 N–H and O–H groups in total. The number of nitrogens with zero attached hydrogens (tertiary/aromatic N) is 1. The minimum absolute atomic E-state index is 0.0674. The standard InChI is InChI=1S/C22H28N2O4/c23-18(27)15-5-4-13-8-21-11-20(16(13)17(15)26)9-14(25)6-7-22(20,28)19(21)24(21)10-12-2-1-3-12/h4-5,12,14,19,25-26,28H,1-3,6-11H2,(H2,23,27)/t14-,19+,20?,21?,22+,24?/m0/s1. The van der Waals surface area contributed by atoms with Gasteiger partial charge < -0.3 is 21.1 Å². The normalized spacial score (nSPS) is 45.6. The molecule has 0 radical (unpaired) electrons. The monoisotopic (exact) mass is 384 g/mol. The Hall–Kier alpha value is -1.63. The molecule has 2 spiro atoms. The van der Waals surface area contributed by atoms with Crippen LogP contribution in [0.3, 0.4) is 0 Å². The first-order valence-corrected chi connectivity index (χ1v) is 10.6. The number of amides is 1. The summed E-state index contributed by atoms with van der Waals surface area (Å²) in [5, 5.41) is 33.6. The van der Waals surface area contributed by atoms with Crippen molar-refractivity contribution in [2.75, 3.05) is 6.54 Å². The van der Waals surface area contributed by atoms with Crippen LogP contribution in [0, 0.1) is 5.92 Å². The third-order valence-corrected chi connectivity index (χ3v) is 8.84. The van der Waals surface area contributed by atoms with E-state index in [1.807, 2.05) is 6.07 Å². The molecule has 28 heavy (non-hydrogen) atoms. The van der Waals surface area contributed by atoms with Gasteiger partial charge in [0.15, 0.2) is 0 Å². The van der Waals surface area contributed by atoms with E-state index in [1.54, 1.807) is 6.07 Å². The number of nitrogens with two attached hydrogens (primary N) is 1. The lowest BCUT2D eigenvalue weighted by atomic mass is 9.56. The Labute approximate surface area is 164 Å². The molecule has 1 heterocycles. The van der Waals surface area contributed by atoms with Crippen molar-refractivity contribution >= 4 is 5.91 Å². The minimum atomic E-state index is -0.977. The molecule has 0 aromatic heterocycles. The number of benzene rings is 1. The molecular formula is C22H28N2O4. The first-order chi connectivity index (χ1) is 13.3. The van der Waals surface area contributed by atoms with Crippen molar-refractivity contribution in [2.24, 2.45) is 11.7 Å². The van der Waals surface area contributed by atoms with Gasteiger partial charge in [-0.15, -0.1) is 0 Å². The zero-order valence-electron chi connectivity index (χ0n) is 16.0. The van der Waals surface area contributed by atoms with Gasteiger partial charge in [-0.25, -0.2) is 0 Å². The Balaban J connectivity index is 1.52. The summed E-state index contributed by atoms with van der Waals surface area (Å²) in [5.74, 6) is -0.00920. The Morgan fingerprint density at radius 1 is 1.29 bits per heavy atom. The minimum Gasteiger partial charge on any atom is -0.507 e. The summed E-state index contributed by atoms with van der Waals surface area (Å²) in [6.07, 6.45) is 6.43. The maximum absolute atomic E-state index is 12.1. The predicted octanol–water partition coefficient (Wildman–Crippen LogP) is 1.19. The smallest absolute Gasteiger partial charge is 0.252 e. The highest BCUT2D eigenvalue weighted by Gasteiger charge is 2.84. The van der Waals surface area contributed by atoms with Gasteiger partial charge in [0.25, 0.3) is 5.91 Å². The SMILES string of the molecule is NC(=O)c1ccc2c(c1O)C13C[C@@H](O)CC[C@@]1(O)[C@@H]1N(CC4CCC4)C1(C2)C3. The number of rotatable bonds is 3. The lowest BCUT2D eigenvalue weighted by molar-refractivity contribution is -0.105. The van der Waals surface area contributed by atoms with Crippen LogP contribution in [-0.4, -0.2) is 56.0 Å². The highest BCUT2D eigenvalue weighted by atomic mass is 16.3. The summed E-state index contributed by atoms with van der Waals surface area (Å²) in [7, 11) is 0. The van der Waals surface area contributed by atoms with Crippen LogP contribution in [0.4, 0.5) is 0 Å². The topological polar surface area (TPSA) is 107 Å². The molecule has 150 valence electrons. The van der Waals surface area contributed by atoms with Crippen LogP contribution in [0.5, 0.6) is 5.75 Å². The largest absolute Gasteiger partial charge is 0.507 e. The van der Waals surface area contributed by atoms with Crippen molar-refractivity contribution in [1.29, 1.82) is 0 Å². The van der Waals surface area contributed by atoms with Gasteiger partial charge in [0.05, 0.1) is 23.3 Å². The van der Waals surface area contributed by atoms with Gasteiger partial charge >= 0.3 is 0 Å². The molecule has 6 atom stereocenters. The number of piperidine rings is 1. The summed E-state index contributed by atoms with van der Waals surface area (Å²) in [4.78, 5) is 14.4. The Kier molecular flexibility index (Phi) is 3.14. The van der Waals surface area contributed by atoms with Crippen LogP contribution in [0.15, 0.2) is 12.1 Å². The van der Waals surface area contributed by atoms with Crippen molar-refractivity contribution in [2.45, 2.75) is 80.1 Å². The van der Waals surface area contributed by atoms with Gasteiger partial charge in [0, 0.05) is 23.1 Å². The average molecular weight is 384 g/mol. The first-order valence-electron chi connectivity index (χ1n) is 10.6. The van der Waals surface area contributed by atoms with E-state index in [9.17, 15) is 20.1 Å². The maximum Gasteiger partial charge on any atom is 0.252 e. The molecule has 1 aromatic carbocycles. The van der Waals surface area contributed by atoms with Crippen LogP contribution in [-0.2, 0) is 11.8 Å². The second-order valence-corrected chi connectivity index (χ2v) is 10.1. The molecular weight excluding hydrogens is 356 g/mol. The molecule has 3 unspecified atom stereocenters. The number of aromatic hydroxyl groups is 1. The molecule has 5 aliphatic rings. The number of fused-ring (bicyclic) bond motifs is 2. The Bertz CT molecular complexity index is 899. The number of carbonyl (C=O) groups is 1. The third kappa shape index (κ3) is 1.78. The van der Waals surface area contributed by atoms with Gasteiger partial charge in [-0.1, -0.05) is 12.5 Å². The van der Waals surface area contributed by atoms with Gasteiger partial charge in [-0.05, 0) is 62.5 Å². The van der Waals surface area contributed by atoms with Crippen LogP contribution >= 0.6 is 0 Å². The number of phenols is 1. The van der Waals surface area contributed by atoms with Gasteiger partial charge in [-0.2, -0.15) is 0 Å². The van der Waals surface area contributed by atoms with E-state index < -0.39 is 23.0 Å². The zero-order valence-corrected chi connectivity index (χ0v) is 16.0. The molecule has 1 aromatic rings. The molecule has 1 amide bonds. The Morgan fingerprint density at radius 2 is 2.07 bits per heavy atom. The van der Waals surface area contributed by atoms with Crippen molar-refractivity contribution in [3.63, 3.8) is 0 Å². The molecule has 2 bridgehead atoms. The number of hydrogen-bond acceptors (Lipinski definition) is 5. The molecule has 4 fully saturated rings. The maximum atomic E-state index is 12.1. The number of aliphatic hydroxyl groups is 2. The average Bonchev–Trinajstić information content (AvgIpc) is 3.13. The summed E-state index contributed by atoms with van der Waals surface area (Å²) >= 11 is 0. The van der Waals surface area contributed by atoms with E-state index in [2.05, 4.69) is 4.90 Å². The van der Waals surface area contributed by atoms with Crippen LogP contribution in [0.1, 0.15) is 66.4 Å². The molecule has 6 nitrogen and oxygen atoms in total. The van der Waals surface area contributed by atoms with E-state index in [0.717, 1.165) is 30.9 Å². The van der Waals surface area contributed by atoms with Gasteiger partial charge in [0.1, 0.15) is 5.75 Å². The Morgan fingerprint density at radius 3 is 2.75 bits per heavy atom. The number of carbonyl (C=O) groups excluding carboxylic acids is 1. The molecule has 1 aliphatic heterocycles. The second-order valence-electron chi connectivity index (χ2n) is 10.1. The fraction of sp³-hybridized carbons (Fsp3) is 0.682. The van der Waals surface area contributed by atoms with Gasteiger partial charge in [0.2, 0.25) is 0 Å². The highest BCUT2D eigenvalue weighted by molar-refractivity contribution is 5.96. The number of primary amides is 1. The van der Waals surface area contributed by atoms with Gasteiger partial charge in [-0.3, -0.25) is 9.69 Å². The molecule has 4 aliphatic carbocycles. The van der Waals surface area contributed by atoms with E-state index in [0.29, 0.717) is 24.8 Å². The van der Waals surface area contributed by atoms with Crippen molar-refractivity contribution in [3.05, 3.63) is 28.8 Å². The lowest BCUT2D eigenvalue weighted by Gasteiger charge is -2.53. The highest BCUT2D eigenvalue weighted by Crippen LogP contribution is 2.74. The van der Waals surface area contributed by atoms with E-state index >= 15 is 0 Å². The third-order valence-electron chi connectivity index (χ3n) is 8.84. The van der Waals surface area contributed by atoms with Crippen LogP contribution in [0.2, 0.25) is 0 Å². The second kappa shape index (κ2) is 5.10. The summed E-state index contributed by atoms with van der Waals surface area (Å²) in [6, 6.07) is 3.60. The summed E-state index contributed by atoms with van der Waals surface area (Å²) < 4.78 is 0. The number of aliphatic hydroxyl groups excluding tert-OH is 1. The quantitative estimate of drug-likeness (QED) is 0.586. The lowest BCUT2D eigenvalue weighted by Crippen LogP contribution is -2.59. The predicted molar refractivity (Wildman–Crippen MR) is 102 cm³/mol. The molecule has 3 saturated carbocycles. The zero-order chi connectivity index (χ0) is 19.5. The summed E-state index contributed by atoms with van der Waals surface area (Å²) in [6.45, 7) is 1.05. The first kappa shape index (κ1) is 17.2. The van der Waals surface area contributed by atoms with Crippen molar-refractivity contribution in [1.82, 2.24) is 4.90 Å². The molecule has 6 rings (SSSR count). The van der Waals surface area contributed by atoms with Crippen LogP contribution < -0.4 is 5.73 Å². The van der Waals surface area contributed by atoms with Crippen molar-refractivity contribution in [3.8, 4) is 5.75 Å². The fourth-order valence-electron chi connectivity index (χ4n) is 7.54. The van der Waals surface area contributed by atoms with E-state index in [4.69, 9.17) is 5.73 Å². The summed E-state index contributed by atoms with van der Waals surface area (Å²) in [5.41, 5.74) is 5.52. The van der Waals surface area contributed by atoms with Crippen LogP contribution in [0.25, 0.3) is 0 Å². The van der Waals surface area contributed by atoms with E-state index in [1.165, 1.54) is 19.3 Å². The molecule has 1 saturated heterocycles. The van der Waals surface area contributed by atoms with Crippen molar-refractivity contribution < 1.29 is 20.1 Å². The number of hydrogen-bond donors (Lipinski definition) is 4.